The Morgan fingerprint density at radius 2 is 2.07 bits per heavy atom. The SMILES string of the molecule is CC(C)[C@@H](Nc1ccnc(-c2c[nH]c(=O)c(N)c2)n1)C(=O)NCC(F)(F)F. The number of hydrogen-bond donors (Lipinski definition) is 4. The molecule has 0 saturated heterocycles. The van der Waals surface area contributed by atoms with E-state index in [2.05, 4.69) is 20.3 Å². The number of amides is 1. The smallest absolute Gasteiger partial charge is 0.394 e. The van der Waals surface area contributed by atoms with E-state index in [0.29, 0.717) is 5.56 Å². The molecule has 5 N–H and O–H groups in total. The zero-order valence-corrected chi connectivity index (χ0v) is 14.6. The molecule has 2 aromatic heterocycles. The Labute approximate surface area is 152 Å². The first kappa shape index (κ1) is 20.2. The molecule has 0 radical (unpaired) electrons. The average molecular weight is 384 g/mol. The monoisotopic (exact) mass is 384 g/mol. The molecule has 0 saturated carbocycles. The largest absolute Gasteiger partial charge is 0.405 e. The molecule has 0 aromatic carbocycles. The van der Waals surface area contributed by atoms with Crippen LogP contribution in [0.4, 0.5) is 24.7 Å². The van der Waals surface area contributed by atoms with Crippen molar-refractivity contribution >= 4 is 17.4 Å². The summed E-state index contributed by atoms with van der Waals surface area (Å²) >= 11 is 0. The number of nitrogens with two attached hydrogens (primary N) is 1. The summed E-state index contributed by atoms with van der Waals surface area (Å²) in [4.78, 5) is 34.2. The van der Waals surface area contributed by atoms with E-state index in [1.807, 2.05) is 5.32 Å². The highest BCUT2D eigenvalue weighted by atomic mass is 19.4. The molecular formula is C16H19F3N6O2. The maximum Gasteiger partial charge on any atom is 0.405 e. The van der Waals surface area contributed by atoms with Crippen molar-refractivity contribution in [3.63, 3.8) is 0 Å². The van der Waals surface area contributed by atoms with Gasteiger partial charge in [-0.15, -0.1) is 0 Å². The van der Waals surface area contributed by atoms with Gasteiger partial charge in [0, 0.05) is 18.0 Å². The van der Waals surface area contributed by atoms with Crippen molar-refractivity contribution < 1.29 is 18.0 Å². The minimum atomic E-state index is -4.50. The highest BCUT2D eigenvalue weighted by Crippen LogP contribution is 2.18. The standard InChI is InChI=1S/C16H19F3N6O2/c1-8(2)12(15(27)23-7-16(17,18)19)24-11-3-4-21-13(25-11)9-5-10(20)14(26)22-6-9/h3-6,8,12H,7,20H2,1-2H3,(H,22,26)(H,23,27)(H,21,24,25)/t12-/m1/s1. The van der Waals surface area contributed by atoms with Crippen LogP contribution in [-0.4, -0.2) is 39.6 Å². The summed E-state index contributed by atoms with van der Waals surface area (Å²) < 4.78 is 37.0. The molecule has 0 spiro atoms. The molecular weight excluding hydrogens is 365 g/mol. The zero-order chi connectivity index (χ0) is 20.2. The molecule has 1 atom stereocenters. The second kappa shape index (κ2) is 8.06. The van der Waals surface area contributed by atoms with Gasteiger partial charge in [0.15, 0.2) is 5.82 Å². The van der Waals surface area contributed by atoms with Crippen LogP contribution < -0.4 is 21.9 Å². The van der Waals surface area contributed by atoms with Crippen molar-refractivity contribution in [2.45, 2.75) is 26.1 Å². The Hall–Kier alpha value is -3.11. The van der Waals surface area contributed by atoms with Crippen LogP contribution in [-0.2, 0) is 4.79 Å². The molecule has 0 aliphatic rings. The van der Waals surface area contributed by atoms with Crippen LogP contribution >= 0.6 is 0 Å². The van der Waals surface area contributed by atoms with E-state index in [1.54, 1.807) is 13.8 Å². The van der Waals surface area contributed by atoms with Gasteiger partial charge in [-0.05, 0) is 18.1 Å². The minimum absolute atomic E-state index is 0.0129. The molecule has 0 aliphatic heterocycles. The molecule has 27 heavy (non-hydrogen) atoms. The highest BCUT2D eigenvalue weighted by Gasteiger charge is 2.30. The van der Waals surface area contributed by atoms with Gasteiger partial charge in [0.25, 0.3) is 5.56 Å². The number of aromatic nitrogens is 3. The number of H-pyrrole nitrogens is 1. The van der Waals surface area contributed by atoms with Crippen LogP contribution in [0, 0.1) is 5.92 Å². The van der Waals surface area contributed by atoms with Crippen LogP contribution in [0.5, 0.6) is 0 Å². The number of halogens is 3. The lowest BCUT2D eigenvalue weighted by Gasteiger charge is -2.22. The Morgan fingerprint density at radius 3 is 2.67 bits per heavy atom. The number of nitrogen functional groups attached to an aromatic ring is 1. The molecule has 0 bridgehead atoms. The lowest BCUT2D eigenvalue weighted by Crippen LogP contribution is -2.46. The molecule has 11 heteroatoms. The fraction of sp³-hybridized carbons (Fsp3) is 0.375. The van der Waals surface area contributed by atoms with E-state index >= 15 is 0 Å². The summed E-state index contributed by atoms with van der Waals surface area (Å²) in [6.45, 7) is 1.97. The van der Waals surface area contributed by atoms with E-state index in [-0.39, 0.29) is 23.2 Å². The van der Waals surface area contributed by atoms with E-state index in [1.165, 1.54) is 24.5 Å². The second-order valence-corrected chi connectivity index (χ2v) is 6.14. The summed E-state index contributed by atoms with van der Waals surface area (Å²) in [5, 5.41) is 4.68. The average Bonchev–Trinajstić information content (AvgIpc) is 2.59. The van der Waals surface area contributed by atoms with Crippen molar-refractivity contribution in [2.24, 2.45) is 5.92 Å². The lowest BCUT2D eigenvalue weighted by molar-refractivity contribution is -0.139. The Kier molecular flexibility index (Phi) is 6.03. The number of alkyl halides is 3. The normalized spacial score (nSPS) is 12.7. The van der Waals surface area contributed by atoms with Crippen LogP contribution in [0.1, 0.15) is 13.8 Å². The van der Waals surface area contributed by atoms with Gasteiger partial charge in [-0.1, -0.05) is 13.8 Å². The molecule has 2 heterocycles. The Balaban J connectivity index is 2.20. The maximum absolute atomic E-state index is 12.3. The van der Waals surface area contributed by atoms with Gasteiger partial charge in [0.1, 0.15) is 18.4 Å². The zero-order valence-electron chi connectivity index (χ0n) is 14.6. The van der Waals surface area contributed by atoms with Gasteiger partial charge in [-0.25, -0.2) is 9.97 Å². The molecule has 2 rings (SSSR count). The molecule has 0 unspecified atom stereocenters. The first-order valence-electron chi connectivity index (χ1n) is 7.99. The molecule has 146 valence electrons. The van der Waals surface area contributed by atoms with Crippen LogP contribution in [0.2, 0.25) is 0 Å². The summed E-state index contributed by atoms with van der Waals surface area (Å²) in [7, 11) is 0. The Morgan fingerprint density at radius 1 is 1.37 bits per heavy atom. The first-order valence-corrected chi connectivity index (χ1v) is 7.99. The van der Waals surface area contributed by atoms with Gasteiger partial charge < -0.3 is 21.4 Å². The molecule has 2 aromatic rings. The minimum Gasteiger partial charge on any atom is -0.394 e. The van der Waals surface area contributed by atoms with E-state index in [4.69, 9.17) is 5.73 Å². The number of hydrogen-bond acceptors (Lipinski definition) is 6. The summed E-state index contributed by atoms with van der Waals surface area (Å²) in [5.41, 5.74) is 5.55. The van der Waals surface area contributed by atoms with Crippen molar-refractivity contribution in [2.75, 3.05) is 17.6 Å². The Bertz CT molecular complexity index is 866. The summed E-state index contributed by atoms with van der Waals surface area (Å²) in [5.74, 6) is -0.636. The predicted molar refractivity (Wildman–Crippen MR) is 93.8 cm³/mol. The molecule has 8 nitrogen and oxygen atoms in total. The van der Waals surface area contributed by atoms with Gasteiger partial charge in [0.2, 0.25) is 5.91 Å². The van der Waals surface area contributed by atoms with Crippen molar-refractivity contribution in [1.82, 2.24) is 20.3 Å². The lowest BCUT2D eigenvalue weighted by atomic mass is 10.0. The third-order valence-electron chi connectivity index (χ3n) is 3.56. The quantitative estimate of drug-likeness (QED) is 0.598. The maximum atomic E-state index is 12.3. The van der Waals surface area contributed by atoms with Gasteiger partial charge in [0.05, 0.1) is 5.69 Å². The van der Waals surface area contributed by atoms with E-state index < -0.39 is 30.2 Å². The van der Waals surface area contributed by atoms with Crippen molar-refractivity contribution in [3.8, 4) is 11.4 Å². The fourth-order valence-electron chi connectivity index (χ4n) is 2.20. The third kappa shape index (κ3) is 5.69. The molecule has 0 fully saturated rings. The number of pyridine rings is 1. The van der Waals surface area contributed by atoms with Crippen molar-refractivity contribution in [3.05, 3.63) is 34.9 Å². The number of nitrogens with zero attached hydrogens (tertiary/aromatic N) is 2. The fourth-order valence-corrected chi connectivity index (χ4v) is 2.20. The number of aromatic amines is 1. The number of carbonyl (C=O) groups is 1. The third-order valence-corrected chi connectivity index (χ3v) is 3.56. The van der Waals surface area contributed by atoms with Crippen LogP contribution in [0.15, 0.2) is 29.3 Å². The number of anilines is 2. The van der Waals surface area contributed by atoms with Gasteiger partial charge in [-0.3, -0.25) is 9.59 Å². The first-order chi connectivity index (χ1) is 12.6. The summed E-state index contributed by atoms with van der Waals surface area (Å²) in [6.07, 6.45) is -1.70. The van der Waals surface area contributed by atoms with Crippen molar-refractivity contribution in [1.29, 1.82) is 0 Å². The predicted octanol–water partition coefficient (Wildman–Crippen LogP) is 1.53. The van der Waals surface area contributed by atoms with E-state index in [9.17, 15) is 22.8 Å². The number of rotatable bonds is 6. The van der Waals surface area contributed by atoms with E-state index in [0.717, 1.165) is 0 Å². The molecule has 0 aliphatic carbocycles. The number of nitrogens with one attached hydrogen (secondary N) is 3. The van der Waals surface area contributed by atoms with Gasteiger partial charge in [-0.2, -0.15) is 13.2 Å². The second-order valence-electron chi connectivity index (χ2n) is 6.14. The number of carbonyl (C=O) groups excluding carboxylic acids is 1. The van der Waals surface area contributed by atoms with Gasteiger partial charge >= 0.3 is 6.18 Å². The van der Waals surface area contributed by atoms with Crippen LogP contribution in [0.25, 0.3) is 11.4 Å². The molecule has 1 amide bonds. The topological polar surface area (TPSA) is 126 Å². The summed E-state index contributed by atoms with van der Waals surface area (Å²) in [6, 6.07) is 1.94. The highest BCUT2D eigenvalue weighted by molar-refractivity contribution is 5.84. The van der Waals surface area contributed by atoms with Crippen LogP contribution in [0.3, 0.4) is 0 Å².